The third-order valence-electron chi connectivity index (χ3n) is 3.96. The second kappa shape index (κ2) is 15.0. The van der Waals surface area contributed by atoms with Crippen LogP contribution in [0.2, 0.25) is 10.0 Å². The number of rotatable bonds is 9. The summed E-state index contributed by atoms with van der Waals surface area (Å²) in [5.74, 6) is -1.30. The Balaban J connectivity index is 0.000000330. The summed E-state index contributed by atoms with van der Waals surface area (Å²) in [6.07, 6.45) is 3.04. The summed E-state index contributed by atoms with van der Waals surface area (Å²) in [5.41, 5.74) is 1.55. The van der Waals surface area contributed by atoms with Crippen molar-refractivity contribution in [3.63, 3.8) is 0 Å². The van der Waals surface area contributed by atoms with Crippen molar-refractivity contribution < 1.29 is 24.0 Å². The van der Waals surface area contributed by atoms with Crippen molar-refractivity contribution in [3.05, 3.63) is 85.9 Å². The van der Waals surface area contributed by atoms with Gasteiger partial charge in [-0.3, -0.25) is 14.9 Å². The fourth-order valence-corrected chi connectivity index (χ4v) is 3.01. The summed E-state index contributed by atoms with van der Waals surface area (Å²) in [6.45, 7) is 3.79. The molecular formula is C23H25Cl2NO6. The minimum Gasteiger partial charge on any atom is -0.466 e. The molecule has 0 amide bonds. The van der Waals surface area contributed by atoms with E-state index in [1.54, 1.807) is 56.3 Å². The Hall–Kier alpha value is -2.90. The maximum absolute atomic E-state index is 11.4. The van der Waals surface area contributed by atoms with Gasteiger partial charge in [0.2, 0.25) is 6.54 Å². The molecule has 0 fully saturated rings. The first-order valence-corrected chi connectivity index (χ1v) is 10.6. The van der Waals surface area contributed by atoms with Crippen LogP contribution in [-0.2, 0) is 19.1 Å². The van der Waals surface area contributed by atoms with E-state index < -0.39 is 16.8 Å². The number of ether oxygens (including phenoxy) is 2. The van der Waals surface area contributed by atoms with Gasteiger partial charge in [-0.05, 0) is 55.3 Å². The highest BCUT2D eigenvalue weighted by molar-refractivity contribution is 6.31. The summed E-state index contributed by atoms with van der Waals surface area (Å²) in [4.78, 5) is 32.6. The lowest BCUT2D eigenvalue weighted by Crippen LogP contribution is -2.18. The van der Waals surface area contributed by atoms with Gasteiger partial charge in [0.05, 0.1) is 25.6 Å². The van der Waals surface area contributed by atoms with E-state index in [1.807, 2.05) is 12.1 Å². The molecule has 7 nitrogen and oxygen atoms in total. The van der Waals surface area contributed by atoms with Gasteiger partial charge in [-0.25, -0.2) is 4.79 Å². The van der Waals surface area contributed by atoms with Gasteiger partial charge in [0.15, 0.2) is 0 Å². The predicted octanol–water partition coefficient (Wildman–Crippen LogP) is 5.57. The van der Waals surface area contributed by atoms with Crippen LogP contribution in [-0.4, -0.2) is 36.6 Å². The predicted molar refractivity (Wildman–Crippen MR) is 124 cm³/mol. The molecule has 0 aromatic heterocycles. The third-order valence-corrected chi connectivity index (χ3v) is 4.43. The minimum atomic E-state index is -0.516. The third kappa shape index (κ3) is 11.5. The maximum Gasteiger partial charge on any atom is 0.330 e. The SMILES string of the molecule is CCOC(=O)/C=C/c1cccc(Cl)c1.CCOC(=O)CC(C[N+](=O)[O-])c1cccc(Cl)c1. The highest BCUT2D eigenvalue weighted by Gasteiger charge is 2.22. The molecule has 0 radical (unpaired) electrons. The molecule has 32 heavy (non-hydrogen) atoms. The first-order chi connectivity index (χ1) is 15.2. The minimum absolute atomic E-state index is 0.0187. The van der Waals surface area contributed by atoms with Crippen molar-refractivity contribution in [2.75, 3.05) is 19.8 Å². The number of carbonyl (C=O) groups excluding carboxylic acids is 2. The lowest BCUT2D eigenvalue weighted by Gasteiger charge is -2.12. The van der Waals surface area contributed by atoms with Gasteiger partial charge in [0.25, 0.3) is 0 Å². The first kappa shape index (κ1) is 27.1. The van der Waals surface area contributed by atoms with Gasteiger partial charge in [-0.2, -0.15) is 0 Å². The number of benzene rings is 2. The Bertz CT molecular complexity index is 932. The Labute approximate surface area is 197 Å². The second-order valence-corrected chi connectivity index (χ2v) is 7.29. The molecular weight excluding hydrogens is 457 g/mol. The van der Waals surface area contributed by atoms with Crippen LogP contribution in [0.3, 0.4) is 0 Å². The highest BCUT2D eigenvalue weighted by atomic mass is 35.5. The fraction of sp³-hybridized carbons (Fsp3) is 0.304. The standard InChI is InChI=1S/C12H14ClNO4.C11H11ClO2/c1-2-18-12(15)7-10(8-14(16)17)9-4-3-5-11(13)6-9;1-2-14-11(13)7-6-9-4-3-5-10(12)8-9/h3-6,10H,2,7-8H2,1H3;3-8H,2H2,1H3/b;7-6+. The highest BCUT2D eigenvalue weighted by Crippen LogP contribution is 2.23. The molecule has 0 aliphatic carbocycles. The molecule has 0 bridgehead atoms. The molecule has 0 saturated heterocycles. The summed E-state index contributed by atoms with van der Waals surface area (Å²) in [7, 11) is 0. The number of hydrogen-bond acceptors (Lipinski definition) is 6. The van der Waals surface area contributed by atoms with Crippen molar-refractivity contribution >= 4 is 41.2 Å². The van der Waals surface area contributed by atoms with E-state index >= 15 is 0 Å². The van der Waals surface area contributed by atoms with Crippen LogP contribution in [0.5, 0.6) is 0 Å². The number of hydrogen-bond donors (Lipinski definition) is 0. The lowest BCUT2D eigenvalue weighted by molar-refractivity contribution is -0.483. The summed E-state index contributed by atoms with van der Waals surface area (Å²) in [6, 6.07) is 14.0. The molecule has 0 heterocycles. The van der Waals surface area contributed by atoms with Crippen LogP contribution < -0.4 is 0 Å². The van der Waals surface area contributed by atoms with E-state index in [0.717, 1.165) is 5.56 Å². The largest absolute Gasteiger partial charge is 0.466 e. The van der Waals surface area contributed by atoms with Crippen LogP contribution >= 0.6 is 23.2 Å². The van der Waals surface area contributed by atoms with E-state index in [1.165, 1.54) is 6.08 Å². The van der Waals surface area contributed by atoms with Crippen LogP contribution in [0, 0.1) is 10.1 Å². The van der Waals surface area contributed by atoms with Crippen molar-refractivity contribution in [1.29, 1.82) is 0 Å². The maximum atomic E-state index is 11.4. The number of nitro groups is 1. The zero-order valence-electron chi connectivity index (χ0n) is 17.8. The van der Waals surface area contributed by atoms with E-state index in [4.69, 9.17) is 32.7 Å². The molecule has 1 atom stereocenters. The Morgan fingerprint density at radius 3 is 2.22 bits per heavy atom. The topological polar surface area (TPSA) is 95.7 Å². The molecule has 9 heteroatoms. The molecule has 2 rings (SSSR count). The Kier molecular flexibility index (Phi) is 12.7. The number of esters is 2. The first-order valence-electron chi connectivity index (χ1n) is 9.88. The number of nitrogens with zero attached hydrogens (tertiary/aromatic N) is 1. The molecule has 2 aromatic rings. The molecule has 0 aliphatic rings. The van der Waals surface area contributed by atoms with E-state index in [-0.39, 0.29) is 25.5 Å². The molecule has 1 unspecified atom stereocenters. The smallest absolute Gasteiger partial charge is 0.330 e. The van der Waals surface area contributed by atoms with E-state index in [2.05, 4.69) is 0 Å². The van der Waals surface area contributed by atoms with Crippen LogP contribution in [0.1, 0.15) is 37.3 Å². The van der Waals surface area contributed by atoms with Crippen molar-refractivity contribution in [2.45, 2.75) is 26.2 Å². The van der Waals surface area contributed by atoms with Crippen molar-refractivity contribution in [1.82, 2.24) is 0 Å². The monoisotopic (exact) mass is 481 g/mol. The van der Waals surface area contributed by atoms with Gasteiger partial charge in [0, 0.05) is 21.0 Å². The zero-order chi connectivity index (χ0) is 23.9. The number of carbonyl (C=O) groups is 2. The van der Waals surface area contributed by atoms with Gasteiger partial charge >= 0.3 is 11.9 Å². The summed E-state index contributed by atoms with van der Waals surface area (Å²) in [5, 5.41) is 11.8. The van der Waals surface area contributed by atoms with Crippen molar-refractivity contribution in [2.24, 2.45) is 0 Å². The summed E-state index contributed by atoms with van der Waals surface area (Å²) >= 11 is 11.6. The van der Waals surface area contributed by atoms with Gasteiger partial charge < -0.3 is 9.47 Å². The molecule has 0 spiro atoms. The molecule has 0 saturated carbocycles. The molecule has 2 aromatic carbocycles. The summed E-state index contributed by atoms with van der Waals surface area (Å²) < 4.78 is 9.55. The Morgan fingerprint density at radius 2 is 1.66 bits per heavy atom. The van der Waals surface area contributed by atoms with Gasteiger partial charge in [-0.15, -0.1) is 0 Å². The Morgan fingerprint density at radius 1 is 1.03 bits per heavy atom. The molecule has 0 N–H and O–H groups in total. The quantitative estimate of drug-likeness (QED) is 0.201. The number of halogens is 2. The fourth-order valence-electron chi connectivity index (χ4n) is 2.61. The van der Waals surface area contributed by atoms with Gasteiger partial charge in [0.1, 0.15) is 0 Å². The average molecular weight is 482 g/mol. The van der Waals surface area contributed by atoms with Crippen molar-refractivity contribution in [3.8, 4) is 0 Å². The van der Waals surface area contributed by atoms with Crippen LogP contribution in [0.15, 0.2) is 54.6 Å². The van der Waals surface area contributed by atoms with Gasteiger partial charge in [-0.1, -0.05) is 47.5 Å². The lowest BCUT2D eigenvalue weighted by atomic mass is 9.96. The van der Waals surface area contributed by atoms with Crippen LogP contribution in [0.25, 0.3) is 6.08 Å². The zero-order valence-corrected chi connectivity index (χ0v) is 19.3. The van der Waals surface area contributed by atoms with Crippen LogP contribution in [0.4, 0.5) is 0 Å². The van der Waals surface area contributed by atoms with E-state index in [9.17, 15) is 19.7 Å². The average Bonchev–Trinajstić information content (AvgIpc) is 2.72. The second-order valence-electron chi connectivity index (χ2n) is 6.42. The molecule has 0 aliphatic heterocycles. The normalized spacial score (nSPS) is 11.2. The molecule has 172 valence electrons. The van der Waals surface area contributed by atoms with E-state index in [0.29, 0.717) is 22.2 Å².